The first-order valence-corrected chi connectivity index (χ1v) is 3.45. The monoisotopic (exact) mass is 148 g/mol. The zero-order valence-electron chi connectivity index (χ0n) is 5.84. The molecule has 0 spiro atoms. The Kier molecular flexibility index (Phi) is 1.39. The van der Waals surface area contributed by atoms with Gasteiger partial charge in [0.2, 0.25) is 0 Å². The maximum Gasteiger partial charge on any atom is 0.124 e. The van der Waals surface area contributed by atoms with Gasteiger partial charge >= 0.3 is 0 Å². The molecule has 0 amide bonds. The number of benzene rings is 1. The molecule has 1 aromatic carbocycles. The predicted octanol–water partition coefficient (Wildman–Crippen LogP) is 1.78. The molecule has 0 saturated heterocycles. The molecule has 0 bridgehead atoms. The first kappa shape index (κ1) is 6.40. The molecule has 0 saturated carbocycles. The second-order valence-corrected chi connectivity index (χ2v) is 2.49. The molecule has 1 nitrogen and oxygen atoms in total. The van der Waals surface area contributed by atoms with Crippen molar-refractivity contribution in [3.63, 3.8) is 0 Å². The highest BCUT2D eigenvalue weighted by molar-refractivity contribution is 5.27. The average Bonchev–Trinajstić information content (AvgIpc) is 1.83. The van der Waals surface area contributed by atoms with Gasteiger partial charge in [0.1, 0.15) is 5.82 Å². The first-order chi connectivity index (χ1) is 5.36. The molecule has 1 N–H and O–H groups in total. The van der Waals surface area contributed by atoms with Crippen LogP contribution in [0.15, 0.2) is 30.5 Å². The number of hydrogen-bond acceptors (Lipinski definition) is 1. The van der Waals surface area contributed by atoms with Crippen LogP contribution in [0.1, 0.15) is 11.6 Å². The van der Waals surface area contributed by atoms with Gasteiger partial charge in [-0.3, -0.25) is 0 Å². The Morgan fingerprint density at radius 2 is 2.27 bits per heavy atom. The summed E-state index contributed by atoms with van der Waals surface area (Å²) in [5, 5.41) is 3.02. The van der Waals surface area contributed by atoms with Crippen LogP contribution in [0.25, 0.3) is 0 Å². The van der Waals surface area contributed by atoms with E-state index >= 15 is 0 Å². The molecule has 1 atom stereocenters. The maximum absolute atomic E-state index is 12.6. The SMILES string of the molecule is Fc1c[c]cc(C2C=CN2)c1. The second kappa shape index (κ2) is 2.38. The Labute approximate surface area is 64.5 Å². The maximum atomic E-state index is 12.6. The third-order valence-corrected chi connectivity index (χ3v) is 1.70. The Balaban J connectivity index is 2.30. The van der Waals surface area contributed by atoms with Crippen LogP contribution in [0.2, 0.25) is 0 Å². The standard InChI is InChI=1S/C9H7FN/c10-8-3-1-2-7(6-8)9-4-5-11-9/h2-6,9,11H. The summed E-state index contributed by atoms with van der Waals surface area (Å²) in [6.07, 6.45) is 3.82. The summed E-state index contributed by atoms with van der Waals surface area (Å²) < 4.78 is 12.6. The molecule has 1 aliphatic heterocycles. The Morgan fingerprint density at radius 3 is 2.82 bits per heavy atom. The largest absolute Gasteiger partial charge is 0.381 e. The topological polar surface area (TPSA) is 12.0 Å². The lowest BCUT2D eigenvalue weighted by molar-refractivity contribution is 0.615. The summed E-state index contributed by atoms with van der Waals surface area (Å²) in [6.45, 7) is 0. The van der Waals surface area contributed by atoms with Gasteiger partial charge in [-0.2, -0.15) is 0 Å². The molecule has 0 fully saturated rings. The molecule has 1 heterocycles. The number of halogens is 1. The van der Waals surface area contributed by atoms with Gasteiger partial charge in [0, 0.05) is 0 Å². The lowest BCUT2D eigenvalue weighted by Crippen LogP contribution is -2.21. The van der Waals surface area contributed by atoms with Crippen LogP contribution >= 0.6 is 0 Å². The highest BCUT2D eigenvalue weighted by Crippen LogP contribution is 2.19. The third-order valence-electron chi connectivity index (χ3n) is 1.70. The average molecular weight is 148 g/mol. The van der Waals surface area contributed by atoms with Crippen molar-refractivity contribution in [2.45, 2.75) is 6.04 Å². The van der Waals surface area contributed by atoms with Gasteiger partial charge in [-0.05, 0) is 42.1 Å². The number of rotatable bonds is 1. The molecule has 1 aliphatic rings. The van der Waals surface area contributed by atoms with E-state index in [1.54, 1.807) is 6.07 Å². The van der Waals surface area contributed by atoms with Crippen molar-refractivity contribution in [1.82, 2.24) is 5.32 Å². The summed E-state index contributed by atoms with van der Waals surface area (Å²) in [6, 6.07) is 7.53. The molecule has 1 unspecified atom stereocenters. The van der Waals surface area contributed by atoms with Gasteiger partial charge in [0.25, 0.3) is 0 Å². The molecule has 1 radical (unpaired) electrons. The molecular formula is C9H7FN. The fraction of sp³-hybridized carbons (Fsp3) is 0.111. The van der Waals surface area contributed by atoms with Crippen molar-refractivity contribution in [1.29, 1.82) is 0 Å². The molecule has 55 valence electrons. The van der Waals surface area contributed by atoms with Gasteiger partial charge in [-0.1, -0.05) is 0 Å². The molecule has 0 aliphatic carbocycles. The van der Waals surface area contributed by atoms with Crippen molar-refractivity contribution >= 4 is 0 Å². The molecular weight excluding hydrogens is 141 g/mol. The van der Waals surface area contributed by atoms with Crippen LogP contribution in [-0.2, 0) is 0 Å². The quantitative estimate of drug-likeness (QED) is 0.640. The van der Waals surface area contributed by atoms with E-state index in [9.17, 15) is 4.39 Å². The van der Waals surface area contributed by atoms with Crippen molar-refractivity contribution in [3.05, 3.63) is 47.9 Å². The van der Waals surface area contributed by atoms with Crippen LogP contribution in [0.3, 0.4) is 0 Å². The van der Waals surface area contributed by atoms with E-state index in [0.29, 0.717) is 0 Å². The first-order valence-electron chi connectivity index (χ1n) is 3.45. The lowest BCUT2D eigenvalue weighted by atomic mass is 10.0. The van der Waals surface area contributed by atoms with Crippen LogP contribution in [0, 0.1) is 11.9 Å². The van der Waals surface area contributed by atoms with Crippen molar-refractivity contribution in [2.75, 3.05) is 0 Å². The number of hydrogen-bond donors (Lipinski definition) is 1. The summed E-state index contributed by atoms with van der Waals surface area (Å²) in [5.74, 6) is -0.232. The predicted molar refractivity (Wildman–Crippen MR) is 40.3 cm³/mol. The Hall–Kier alpha value is -1.31. The van der Waals surface area contributed by atoms with E-state index in [4.69, 9.17) is 0 Å². The van der Waals surface area contributed by atoms with Gasteiger partial charge in [0.15, 0.2) is 0 Å². The van der Waals surface area contributed by atoms with E-state index in [0.717, 1.165) is 5.56 Å². The summed E-state index contributed by atoms with van der Waals surface area (Å²) in [4.78, 5) is 0. The fourth-order valence-corrected chi connectivity index (χ4v) is 1.04. The zero-order valence-corrected chi connectivity index (χ0v) is 5.84. The number of nitrogens with one attached hydrogen (secondary N) is 1. The molecule has 0 aromatic heterocycles. The van der Waals surface area contributed by atoms with Crippen LogP contribution in [0.5, 0.6) is 0 Å². The van der Waals surface area contributed by atoms with Gasteiger partial charge < -0.3 is 5.32 Å². The summed E-state index contributed by atoms with van der Waals surface area (Å²) in [5.41, 5.74) is 0.924. The minimum Gasteiger partial charge on any atom is -0.381 e. The smallest absolute Gasteiger partial charge is 0.124 e. The van der Waals surface area contributed by atoms with E-state index in [1.165, 1.54) is 12.1 Å². The Bertz CT molecular complexity index is 293. The van der Waals surface area contributed by atoms with Crippen LogP contribution in [-0.4, -0.2) is 0 Å². The minimum atomic E-state index is -0.232. The molecule has 11 heavy (non-hydrogen) atoms. The zero-order chi connectivity index (χ0) is 7.68. The van der Waals surface area contributed by atoms with E-state index < -0.39 is 0 Å². The van der Waals surface area contributed by atoms with Crippen LogP contribution in [0.4, 0.5) is 4.39 Å². The molecule has 1 aromatic rings. The highest BCUT2D eigenvalue weighted by Gasteiger charge is 2.11. The van der Waals surface area contributed by atoms with Gasteiger partial charge in [0.05, 0.1) is 6.04 Å². The molecule has 2 heteroatoms. The fourth-order valence-electron chi connectivity index (χ4n) is 1.04. The van der Waals surface area contributed by atoms with Gasteiger partial charge in [-0.15, -0.1) is 0 Å². The lowest BCUT2D eigenvalue weighted by Gasteiger charge is -2.20. The normalized spacial score (nSPS) is 20.6. The van der Waals surface area contributed by atoms with Crippen LogP contribution < -0.4 is 5.32 Å². The highest BCUT2D eigenvalue weighted by atomic mass is 19.1. The van der Waals surface area contributed by atoms with Crippen molar-refractivity contribution in [3.8, 4) is 0 Å². The summed E-state index contributed by atoms with van der Waals surface area (Å²) in [7, 11) is 0. The third kappa shape index (κ3) is 1.11. The van der Waals surface area contributed by atoms with E-state index in [1.807, 2.05) is 12.3 Å². The van der Waals surface area contributed by atoms with E-state index in [2.05, 4.69) is 11.4 Å². The Morgan fingerprint density at radius 1 is 1.45 bits per heavy atom. The van der Waals surface area contributed by atoms with Crippen molar-refractivity contribution < 1.29 is 4.39 Å². The van der Waals surface area contributed by atoms with E-state index in [-0.39, 0.29) is 11.9 Å². The second-order valence-electron chi connectivity index (χ2n) is 2.49. The molecule has 2 rings (SSSR count). The van der Waals surface area contributed by atoms with Gasteiger partial charge in [-0.25, -0.2) is 4.39 Å². The van der Waals surface area contributed by atoms with Crippen molar-refractivity contribution in [2.24, 2.45) is 0 Å². The minimum absolute atomic E-state index is 0.182. The summed E-state index contributed by atoms with van der Waals surface area (Å²) >= 11 is 0.